The summed E-state index contributed by atoms with van der Waals surface area (Å²) in [6.07, 6.45) is 1.52. The molecule has 0 atom stereocenters. The first kappa shape index (κ1) is 11.3. The molecule has 3 aromatic rings. The van der Waals surface area contributed by atoms with Gasteiger partial charge in [0.25, 0.3) is 5.91 Å². The second-order valence-electron chi connectivity index (χ2n) is 4.14. The molecule has 1 N–H and O–H groups in total. The standard InChI is InChI=1S/C11H11N7O/c1-17-6-12-15-11(17)13-10(19)7-3-4-8-9(5-7)18(2)16-14-8/h3-6H,1-2H3,(H,13,15,19). The van der Waals surface area contributed by atoms with Crippen molar-refractivity contribution in [1.82, 2.24) is 29.8 Å². The Labute approximate surface area is 108 Å². The number of anilines is 1. The van der Waals surface area contributed by atoms with Gasteiger partial charge >= 0.3 is 0 Å². The van der Waals surface area contributed by atoms with Gasteiger partial charge in [-0.3, -0.25) is 10.1 Å². The van der Waals surface area contributed by atoms with Crippen LogP contribution in [0.1, 0.15) is 10.4 Å². The van der Waals surface area contributed by atoms with Crippen molar-refractivity contribution < 1.29 is 4.79 Å². The maximum Gasteiger partial charge on any atom is 0.258 e. The van der Waals surface area contributed by atoms with E-state index in [1.807, 2.05) is 0 Å². The summed E-state index contributed by atoms with van der Waals surface area (Å²) in [5.41, 5.74) is 2.06. The highest BCUT2D eigenvalue weighted by atomic mass is 16.1. The van der Waals surface area contributed by atoms with Crippen molar-refractivity contribution in [3.63, 3.8) is 0 Å². The Kier molecular flexibility index (Phi) is 2.48. The van der Waals surface area contributed by atoms with E-state index in [1.165, 1.54) is 6.33 Å². The highest BCUT2D eigenvalue weighted by molar-refractivity contribution is 6.05. The van der Waals surface area contributed by atoms with Gasteiger partial charge in [0, 0.05) is 19.7 Å². The van der Waals surface area contributed by atoms with Crippen LogP contribution in [0.15, 0.2) is 24.5 Å². The van der Waals surface area contributed by atoms with Gasteiger partial charge in [0.1, 0.15) is 11.8 Å². The Morgan fingerprint density at radius 3 is 2.84 bits per heavy atom. The maximum atomic E-state index is 12.1. The molecular weight excluding hydrogens is 246 g/mol. The zero-order chi connectivity index (χ0) is 13.4. The first-order valence-electron chi connectivity index (χ1n) is 5.60. The van der Waals surface area contributed by atoms with E-state index >= 15 is 0 Å². The number of benzene rings is 1. The topological polar surface area (TPSA) is 90.5 Å². The molecule has 0 aliphatic carbocycles. The van der Waals surface area contributed by atoms with Crippen LogP contribution in [0, 0.1) is 0 Å². The van der Waals surface area contributed by atoms with E-state index < -0.39 is 0 Å². The van der Waals surface area contributed by atoms with Crippen LogP contribution < -0.4 is 5.32 Å². The summed E-state index contributed by atoms with van der Waals surface area (Å²) in [4.78, 5) is 12.1. The number of amides is 1. The number of carbonyl (C=O) groups excluding carboxylic acids is 1. The summed E-state index contributed by atoms with van der Waals surface area (Å²) in [5, 5.41) is 18.0. The molecule has 0 radical (unpaired) electrons. The van der Waals surface area contributed by atoms with Crippen LogP contribution in [-0.2, 0) is 14.1 Å². The lowest BCUT2D eigenvalue weighted by Gasteiger charge is -2.04. The van der Waals surface area contributed by atoms with E-state index in [9.17, 15) is 4.79 Å². The van der Waals surface area contributed by atoms with Crippen molar-refractivity contribution in [1.29, 1.82) is 0 Å². The Bertz CT molecular complexity index is 757. The van der Waals surface area contributed by atoms with Crippen LogP contribution in [0.4, 0.5) is 5.95 Å². The summed E-state index contributed by atoms with van der Waals surface area (Å²) in [6.45, 7) is 0. The first-order chi connectivity index (χ1) is 9.15. The van der Waals surface area contributed by atoms with E-state index in [4.69, 9.17) is 0 Å². The molecule has 2 aromatic heterocycles. The van der Waals surface area contributed by atoms with Crippen LogP contribution in [0.3, 0.4) is 0 Å². The number of hydrogen-bond acceptors (Lipinski definition) is 5. The fourth-order valence-corrected chi connectivity index (χ4v) is 1.74. The van der Waals surface area contributed by atoms with Gasteiger partial charge in [-0.1, -0.05) is 5.21 Å². The number of nitrogens with one attached hydrogen (secondary N) is 1. The van der Waals surface area contributed by atoms with Gasteiger partial charge in [0.15, 0.2) is 0 Å². The molecule has 0 spiro atoms. The highest BCUT2D eigenvalue weighted by Gasteiger charge is 2.11. The van der Waals surface area contributed by atoms with Gasteiger partial charge in [-0.15, -0.1) is 15.3 Å². The SMILES string of the molecule is Cn1cnnc1NC(=O)c1ccc2nnn(C)c2c1. The Morgan fingerprint density at radius 2 is 2.11 bits per heavy atom. The number of aryl methyl sites for hydroxylation is 2. The molecule has 0 unspecified atom stereocenters. The second-order valence-corrected chi connectivity index (χ2v) is 4.14. The van der Waals surface area contributed by atoms with Crippen molar-refractivity contribution in [2.24, 2.45) is 14.1 Å². The zero-order valence-corrected chi connectivity index (χ0v) is 10.4. The normalized spacial score (nSPS) is 10.8. The highest BCUT2D eigenvalue weighted by Crippen LogP contribution is 2.13. The smallest absolute Gasteiger partial charge is 0.258 e. The van der Waals surface area contributed by atoms with Gasteiger partial charge in [0.2, 0.25) is 5.95 Å². The minimum Gasteiger partial charge on any atom is -0.303 e. The van der Waals surface area contributed by atoms with Gasteiger partial charge in [-0.2, -0.15) is 0 Å². The van der Waals surface area contributed by atoms with Gasteiger partial charge in [-0.05, 0) is 18.2 Å². The Hall–Kier alpha value is -2.77. The molecule has 0 aliphatic rings. The molecule has 2 heterocycles. The molecule has 8 heteroatoms. The van der Waals surface area contributed by atoms with E-state index in [0.29, 0.717) is 11.5 Å². The van der Waals surface area contributed by atoms with Gasteiger partial charge in [-0.25, -0.2) is 4.68 Å². The van der Waals surface area contributed by atoms with E-state index in [1.54, 1.807) is 41.5 Å². The second kappa shape index (κ2) is 4.16. The van der Waals surface area contributed by atoms with Crippen LogP contribution in [0.25, 0.3) is 11.0 Å². The first-order valence-corrected chi connectivity index (χ1v) is 5.60. The maximum absolute atomic E-state index is 12.1. The van der Waals surface area contributed by atoms with Crippen LogP contribution in [-0.4, -0.2) is 35.7 Å². The molecule has 0 aliphatic heterocycles. The fourth-order valence-electron chi connectivity index (χ4n) is 1.74. The zero-order valence-electron chi connectivity index (χ0n) is 10.4. The molecular formula is C11H11N7O. The summed E-state index contributed by atoms with van der Waals surface area (Å²) in [5.74, 6) is 0.146. The molecule has 0 bridgehead atoms. The molecule has 3 rings (SSSR count). The molecule has 1 aromatic carbocycles. The van der Waals surface area contributed by atoms with Crippen LogP contribution >= 0.6 is 0 Å². The molecule has 19 heavy (non-hydrogen) atoms. The minimum atomic E-state index is -0.251. The summed E-state index contributed by atoms with van der Waals surface area (Å²) >= 11 is 0. The van der Waals surface area contributed by atoms with E-state index in [-0.39, 0.29) is 5.91 Å². The number of hydrogen-bond donors (Lipinski definition) is 1. The summed E-state index contributed by atoms with van der Waals surface area (Å²) in [7, 11) is 3.53. The molecule has 0 fully saturated rings. The average Bonchev–Trinajstić information content (AvgIpc) is 2.97. The van der Waals surface area contributed by atoms with Crippen molar-refractivity contribution in [3.8, 4) is 0 Å². The van der Waals surface area contributed by atoms with Crippen LogP contribution in [0.5, 0.6) is 0 Å². The number of carbonyl (C=O) groups is 1. The summed E-state index contributed by atoms with van der Waals surface area (Å²) in [6, 6.07) is 5.19. The predicted octanol–water partition coefficient (Wildman–Crippen LogP) is 0.349. The van der Waals surface area contributed by atoms with Crippen molar-refractivity contribution in [2.75, 3.05) is 5.32 Å². The van der Waals surface area contributed by atoms with Crippen molar-refractivity contribution >= 4 is 22.9 Å². The molecule has 0 saturated carbocycles. The number of aromatic nitrogens is 6. The number of rotatable bonds is 2. The lowest BCUT2D eigenvalue weighted by molar-refractivity contribution is 0.102. The average molecular weight is 257 g/mol. The van der Waals surface area contributed by atoms with Crippen LogP contribution in [0.2, 0.25) is 0 Å². The Morgan fingerprint density at radius 1 is 1.26 bits per heavy atom. The number of fused-ring (bicyclic) bond motifs is 1. The van der Waals surface area contributed by atoms with Gasteiger partial charge < -0.3 is 4.57 Å². The third kappa shape index (κ3) is 1.92. The predicted molar refractivity (Wildman–Crippen MR) is 67.5 cm³/mol. The third-order valence-corrected chi connectivity index (χ3v) is 2.81. The Balaban J connectivity index is 1.93. The quantitative estimate of drug-likeness (QED) is 0.715. The third-order valence-electron chi connectivity index (χ3n) is 2.81. The minimum absolute atomic E-state index is 0.251. The monoisotopic (exact) mass is 257 g/mol. The number of nitrogens with zero attached hydrogens (tertiary/aromatic N) is 6. The fraction of sp³-hybridized carbons (Fsp3) is 0.182. The lowest BCUT2D eigenvalue weighted by atomic mass is 10.2. The summed E-state index contributed by atoms with van der Waals surface area (Å²) < 4.78 is 3.25. The molecule has 0 saturated heterocycles. The van der Waals surface area contributed by atoms with Gasteiger partial charge in [0.05, 0.1) is 5.52 Å². The lowest BCUT2D eigenvalue weighted by Crippen LogP contribution is -2.15. The molecule has 8 nitrogen and oxygen atoms in total. The van der Waals surface area contributed by atoms with E-state index in [0.717, 1.165) is 11.0 Å². The largest absolute Gasteiger partial charge is 0.303 e. The molecule has 1 amide bonds. The van der Waals surface area contributed by atoms with E-state index in [2.05, 4.69) is 25.8 Å². The van der Waals surface area contributed by atoms with Crippen molar-refractivity contribution in [2.45, 2.75) is 0 Å². The molecule has 96 valence electrons. The van der Waals surface area contributed by atoms with Crippen molar-refractivity contribution in [3.05, 3.63) is 30.1 Å².